The van der Waals surface area contributed by atoms with Crippen LogP contribution < -0.4 is 11.1 Å². The molecular weight excluding hydrogens is 254 g/mol. The van der Waals surface area contributed by atoms with Gasteiger partial charge in [-0.05, 0) is 30.8 Å². The first-order valence-electron chi connectivity index (χ1n) is 5.91. The van der Waals surface area contributed by atoms with Gasteiger partial charge < -0.3 is 20.5 Å². The van der Waals surface area contributed by atoms with Crippen molar-refractivity contribution in [2.24, 2.45) is 0 Å². The Labute approximate surface area is 110 Å². The molecule has 0 bridgehead atoms. The summed E-state index contributed by atoms with van der Waals surface area (Å²) in [5.41, 5.74) is 5.97. The maximum absolute atomic E-state index is 11.5. The molecule has 0 aliphatic carbocycles. The molecule has 2 heterocycles. The summed E-state index contributed by atoms with van der Waals surface area (Å²) in [5.74, 6) is -0.243. The number of ether oxygens (including phenoxy) is 2. The van der Waals surface area contributed by atoms with E-state index in [0.717, 1.165) is 32.4 Å². The van der Waals surface area contributed by atoms with Crippen molar-refractivity contribution in [1.29, 1.82) is 0 Å². The largest absolute Gasteiger partial charge is 0.465 e. The number of carbonyl (C=O) groups is 1. The second-order valence-electron chi connectivity index (χ2n) is 4.11. The Morgan fingerprint density at radius 1 is 1.72 bits per heavy atom. The van der Waals surface area contributed by atoms with Gasteiger partial charge in [0.1, 0.15) is 10.6 Å². The summed E-state index contributed by atoms with van der Waals surface area (Å²) in [5, 5.41) is 3.84. The third-order valence-corrected chi connectivity index (χ3v) is 3.70. The molecule has 1 aliphatic rings. The van der Waals surface area contributed by atoms with Gasteiger partial charge in [0.2, 0.25) is 0 Å². The molecule has 6 nitrogen and oxygen atoms in total. The monoisotopic (exact) mass is 271 g/mol. The number of methoxy groups -OCH3 is 1. The molecule has 0 radical (unpaired) electrons. The molecule has 2 rings (SSSR count). The molecule has 1 aromatic heterocycles. The van der Waals surface area contributed by atoms with Crippen LogP contribution in [0.5, 0.6) is 0 Å². The fraction of sp³-hybridized carbons (Fsp3) is 0.636. The van der Waals surface area contributed by atoms with Crippen molar-refractivity contribution in [2.45, 2.75) is 25.4 Å². The normalized spacial score (nSPS) is 18.8. The molecule has 3 N–H and O–H groups in total. The number of nitrogens with two attached hydrogens (primary N) is 1. The average molecular weight is 271 g/mol. The summed E-state index contributed by atoms with van der Waals surface area (Å²) in [6.07, 6.45) is 3.48. The molecule has 1 fully saturated rings. The minimum Gasteiger partial charge on any atom is -0.465 e. The van der Waals surface area contributed by atoms with Crippen molar-refractivity contribution in [3.8, 4) is 0 Å². The van der Waals surface area contributed by atoms with E-state index in [-0.39, 0.29) is 5.82 Å². The molecule has 1 aromatic rings. The molecule has 0 spiro atoms. The zero-order valence-corrected chi connectivity index (χ0v) is 11.1. The molecule has 18 heavy (non-hydrogen) atoms. The Morgan fingerprint density at radius 2 is 2.56 bits per heavy atom. The van der Waals surface area contributed by atoms with Gasteiger partial charge in [0.25, 0.3) is 0 Å². The number of aromatic nitrogens is 1. The highest BCUT2D eigenvalue weighted by molar-refractivity contribution is 7.11. The van der Waals surface area contributed by atoms with Gasteiger partial charge in [-0.25, -0.2) is 4.79 Å². The minimum absolute atomic E-state index is 0.214. The molecular formula is C11H17N3O3S. The number of nitrogen functional groups attached to an aromatic ring is 1. The van der Waals surface area contributed by atoms with Crippen molar-refractivity contribution >= 4 is 28.3 Å². The van der Waals surface area contributed by atoms with Crippen LogP contribution >= 0.6 is 11.5 Å². The number of carbonyl (C=O) groups excluding carboxylic acids is 1. The van der Waals surface area contributed by atoms with Gasteiger partial charge >= 0.3 is 5.97 Å². The van der Waals surface area contributed by atoms with E-state index in [4.69, 9.17) is 10.5 Å². The van der Waals surface area contributed by atoms with Crippen LogP contribution in [0, 0.1) is 0 Å². The Bertz CT molecular complexity index is 416. The predicted octanol–water partition coefficient (Wildman–Crippen LogP) is 1.49. The van der Waals surface area contributed by atoms with Crippen LogP contribution in [0.25, 0.3) is 0 Å². The van der Waals surface area contributed by atoms with E-state index >= 15 is 0 Å². The van der Waals surface area contributed by atoms with Crippen LogP contribution in [0.4, 0.5) is 10.8 Å². The number of nitrogens with one attached hydrogen (secondary N) is 1. The lowest BCUT2D eigenvalue weighted by Crippen LogP contribution is -2.14. The lowest BCUT2D eigenvalue weighted by atomic mass is 10.2. The smallest absolute Gasteiger partial charge is 0.344 e. The fourth-order valence-electron chi connectivity index (χ4n) is 1.94. The average Bonchev–Trinajstić information content (AvgIpc) is 2.99. The lowest BCUT2D eigenvalue weighted by molar-refractivity contribution is 0.0603. The fourth-order valence-corrected chi connectivity index (χ4v) is 2.67. The van der Waals surface area contributed by atoms with Crippen LogP contribution in [0.3, 0.4) is 0 Å². The summed E-state index contributed by atoms with van der Waals surface area (Å²) in [6, 6.07) is 0. The second-order valence-corrected chi connectivity index (χ2v) is 4.89. The standard InChI is InChI=1S/C11H17N3O3S/c1-16-11(15)8-9(12)14-18-10(8)13-5-4-7-3-2-6-17-7/h7,13H,2-6H2,1H3,(H2,12,14). The Kier molecular flexibility index (Phi) is 4.38. The summed E-state index contributed by atoms with van der Waals surface area (Å²) < 4.78 is 14.2. The molecule has 1 atom stereocenters. The summed E-state index contributed by atoms with van der Waals surface area (Å²) in [6.45, 7) is 1.59. The predicted molar refractivity (Wildman–Crippen MR) is 69.9 cm³/mol. The van der Waals surface area contributed by atoms with Crippen molar-refractivity contribution in [1.82, 2.24) is 4.37 Å². The SMILES string of the molecule is COC(=O)c1c(N)nsc1NCCC1CCCO1. The molecule has 0 saturated carbocycles. The quantitative estimate of drug-likeness (QED) is 0.789. The van der Waals surface area contributed by atoms with Crippen molar-refractivity contribution in [3.63, 3.8) is 0 Å². The van der Waals surface area contributed by atoms with E-state index in [9.17, 15) is 4.79 Å². The summed E-state index contributed by atoms with van der Waals surface area (Å²) in [4.78, 5) is 11.5. The molecule has 100 valence electrons. The third kappa shape index (κ3) is 2.91. The van der Waals surface area contributed by atoms with Gasteiger partial charge in [-0.3, -0.25) is 0 Å². The van der Waals surface area contributed by atoms with Crippen molar-refractivity contribution in [2.75, 3.05) is 31.3 Å². The first-order chi connectivity index (χ1) is 8.72. The van der Waals surface area contributed by atoms with Gasteiger partial charge in [-0.1, -0.05) is 0 Å². The Hall–Kier alpha value is -1.34. The molecule has 0 amide bonds. The number of nitrogens with zero attached hydrogens (tertiary/aromatic N) is 1. The molecule has 1 saturated heterocycles. The van der Waals surface area contributed by atoms with Gasteiger partial charge in [0.15, 0.2) is 5.82 Å². The van der Waals surface area contributed by atoms with E-state index in [1.54, 1.807) is 0 Å². The highest BCUT2D eigenvalue weighted by Crippen LogP contribution is 2.27. The van der Waals surface area contributed by atoms with E-state index in [1.807, 2.05) is 0 Å². The van der Waals surface area contributed by atoms with Crippen LogP contribution in [0.2, 0.25) is 0 Å². The number of hydrogen-bond donors (Lipinski definition) is 2. The molecule has 7 heteroatoms. The first kappa shape index (κ1) is 13.1. The number of anilines is 2. The van der Waals surface area contributed by atoms with E-state index in [0.29, 0.717) is 16.7 Å². The third-order valence-electron chi connectivity index (χ3n) is 2.88. The number of rotatable bonds is 5. The van der Waals surface area contributed by atoms with E-state index in [1.165, 1.54) is 18.6 Å². The Morgan fingerprint density at radius 3 is 3.22 bits per heavy atom. The molecule has 1 aliphatic heterocycles. The Balaban J connectivity index is 1.90. The zero-order valence-electron chi connectivity index (χ0n) is 10.3. The maximum Gasteiger partial charge on any atom is 0.344 e. The highest BCUT2D eigenvalue weighted by atomic mass is 32.1. The number of hydrogen-bond acceptors (Lipinski definition) is 7. The van der Waals surface area contributed by atoms with Crippen LogP contribution in [0.1, 0.15) is 29.6 Å². The van der Waals surface area contributed by atoms with E-state index in [2.05, 4.69) is 14.4 Å². The summed E-state index contributed by atoms with van der Waals surface area (Å²) >= 11 is 1.17. The lowest BCUT2D eigenvalue weighted by Gasteiger charge is -2.10. The summed E-state index contributed by atoms with van der Waals surface area (Å²) in [7, 11) is 1.33. The van der Waals surface area contributed by atoms with Crippen LogP contribution in [0.15, 0.2) is 0 Å². The van der Waals surface area contributed by atoms with Crippen molar-refractivity contribution in [3.05, 3.63) is 5.56 Å². The number of esters is 1. The van der Waals surface area contributed by atoms with Gasteiger partial charge in [-0.2, -0.15) is 4.37 Å². The topological polar surface area (TPSA) is 86.5 Å². The van der Waals surface area contributed by atoms with Crippen molar-refractivity contribution < 1.29 is 14.3 Å². The van der Waals surface area contributed by atoms with Crippen LogP contribution in [-0.4, -0.2) is 36.7 Å². The van der Waals surface area contributed by atoms with Gasteiger partial charge in [-0.15, -0.1) is 0 Å². The molecule has 1 unspecified atom stereocenters. The van der Waals surface area contributed by atoms with E-state index < -0.39 is 5.97 Å². The minimum atomic E-state index is -0.458. The maximum atomic E-state index is 11.5. The highest BCUT2D eigenvalue weighted by Gasteiger charge is 2.20. The first-order valence-corrected chi connectivity index (χ1v) is 6.68. The second kappa shape index (κ2) is 6.01. The van der Waals surface area contributed by atoms with Gasteiger partial charge in [0, 0.05) is 13.2 Å². The van der Waals surface area contributed by atoms with Gasteiger partial charge in [0.05, 0.1) is 13.2 Å². The zero-order chi connectivity index (χ0) is 13.0. The van der Waals surface area contributed by atoms with Crippen LogP contribution in [-0.2, 0) is 9.47 Å². The molecule has 0 aromatic carbocycles.